The van der Waals surface area contributed by atoms with Gasteiger partial charge >= 0.3 is 0 Å². The Bertz CT molecular complexity index is 336. The molecule has 2 amide bonds. The minimum Gasteiger partial charge on any atom is -0.327 e. The molecule has 15 heavy (non-hydrogen) atoms. The van der Waals surface area contributed by atoms with Crippen molar-refractivity contribution in [2.75, 3.05) is 13.1 Å². The van der Waals surface area contributed by atoms with Crippen molar-refractivity contribution in [3.05, 3.63) is 12.2 Å². The van der Waals surface area contributed by atoms with E-state index in [2.05, 4.69) is 6.58 Å². The van der Waals surface area contributed by atoms with Crippen molar-refractivity contribution < 1.29 is 9.59 Å². The fourth-order valence-corrected chi connectivity index (χ4v) is 2.45. The number of fused-ring (bicyclic) bond motifs is 1. The molecule has 1 aliphatic heterocycles. The molecule has 0 aromatic heterocycles. The average Bonchev–Trinajstić information content (AvgIpc) is 2.64. The minimum atomic E-state index is -0.130. The van der Waals surface area contributed by atoms with Gasteiger partial charge in [0.1, 0.15) is 0 Å². The van der Waals surface area contributed by atoms with E-state index in [1.165, 1.54) is 4.90 Å². The van der Waals surface area contributed by atoms with Crippen molar-refractivity contribution in [1.82, 2.24) is 4.90 Å². The lowest BCUT2D eigenvalue weighted by atomic mass is 10.1. The molecular weight excluding hydrogens is 192 g/mol. The standard InChI is InChI=1S/C11H16N2O2/c1-6(4-12)5-13-9(14)7-8(10(13)15)11(7,2)3/h7-8H,1,4-5,12H2,2-3H3. The zero-order valence-electron chi connectivity index (χ0n) is 9.12. The van der Waals surface area contributed by atoms with E-state index in [1.54, 1.807) is 0 Å². The lowest BCUT2D eigenvalue weighted by Gasteiger charge is -2.20. The van der Waals surface area contributed by atoms with Gasteiger partial charge in [-0.15, -0.1) is 0 Å². The Labute approximate surface area is 89.1 Å². The maximum absolute atomic E-state index is 11.8. The fourth-order valence-electron chi connectivity index (χ4n) is 2.45. The maximum atomic E-state index is 11.8. The van der Waals surface area contributed by atoms with Crippen LogP contribution in [0.15, 0.2) is 12.2 Å². The van der Waals surface area contributed by atoms with Gasteiger partial charge in [0.25, 0.3) is 0 Å². The number of hydrogen-bond acceptors (Lipinski definition) is 3. The molecule has 1 saturated carbocycles. The van der Waals surface area contributed by atoms with Crippen LogP contribution in [0.5, 0.6) is 0 Å². The molecule has 2 fully saturated rings. The van der Waals surface area contributed by atoms with Gasteiger partial charge < -0.3 is 5.73 Å². The van der Waals surface area contributed by atoms with E-state index in [-0.39, 0.29) is 35.6 Å². The van der Waals surface area contributed by atoms with Crippen molar-refractivity contribution in [3.63, 3.8) is 0 Å². The number of carbonyl (C=O) groups excluding carboxylic acids is 2. The van der Waals surface area contributed by atoms with Crippen LogP contribution in [0.1, 0.15) is 13.8 Å². The highest BCUT2D eigenvalue weighted by Crippen LogP contribution is 2.63. The highest BCUT2D eigenvalue weighted by molar-refractivity contribution is 6.10. The molecule has 1 saturated heterocycles. The smallest absolute Gasteiger partial charge is 0.233 e. The summed E-state index contributed by atoms with van der Waals surface area (Å²) in [5.41, 5.74) is 5.98. The number of carbonyl (C=O) groups is 2. The van der Waals surface area contributed by atoms with Crippen LogP contribution in [0.3, 0.4) is 0 Å². The molecule has 82 valence electrons. The number of nitrogens with zero attached hydrogens (tertiary/aromatic N) is 1. The first kappa shape index (κ1) is 10.4. The number of nitrogens with two attached hydrogens (primary N) is 1. The van der Waals surface area contributed by atoms with Gasteiger partial charge in [0.15, 0.2) is 0 Å². The minimum absolute atomic E-state index is 0.0513. The second-order valence-corrected chi connectivity index (χ2v) is 4.99. The summed E-state index contributed by atoms with van der Waals surface area (Å²) in [7, 11) is 0. The van der Waals surface area contributed by atoms with Crippen molar-refractivity contribution in [3.8, 4) is 0 Å². The van der Waals surface area contributed by atoms with Gasteiger partial charge in [-0.25, -0.2) is 0 Å². The normalized spacial score (nSPS) is 31.8. The lowest BCUT2D eigenvalue weighted by molar-refractivity contribution is -0.142. The molecule has 0 aromatic rings. The van der Waals surface area contributed by atoms with Gasteiger partial charge in [0.2, 0.25) is 11.8 Å². The molecule has 1 aliphatic carbocycles. The zero-order chi connectivity index (χ0) is 11.4. The van der Waals surface area contributed by atoms with E-state index >= 15 is 0 Å². The predicted molar refractivity (Wildman–Crippen MR) is 55.7 cm³/mol. The molecule has 0 bridgehead atoms. The molecular formula is C11H16N2O2. The third-order valence-electron chi connectivity index (χ3n) is 3.56. The topological polar surface area (TPSA) is 63.4 Å². The second-order valence-electron chi connectivity index (χ2n) is 4.99. The van der Waals surface area contributed by atoms with Crippen molar-refractivity contribution in [2.24, 2.45) is 23.0 Å². The third kappa shape index (κ3) is 1.24. The molecule has 4 heteroatoms. The largest absolute Gasteiger partial charge is 0.327 e. The number of imide groups is 1. The highest BCUT2D eigenvalue weighted by Gasteiger charge is 2.72. The van der Waals surface area contributed by atoms with Gasteiger partial charge in [-0.3, -0.25) is 14.5 Å². The summed E-state index contributed by atoms with van der Waals surface area (Å²) in [6.07, 6.45) is 0. The Hall–Kier alpha value is -1.16. The first-order valence-corrected chi connectivity index (χ1v) is 5.13. The van der Waals surface area contributed by atoms with E-state index in [0.717, 1.165) is 5.57 Å². The molecule has 0 aromatic carbocycles. The summed E-state index contributed by atoms with van der Waals surface area (Å²) < 4.78 is 0. The number of hydrogen-bond donors (Lipinski definition) is 1. The zero-order valence-corrected chi connectivity index (χ0v) is 9.12. The van der Waals surface area contributed by atoms with Gasteiger partial charge in [-0.1, -0.05) is 20.4 Å². The highest BCUT2D eigenvalue weighted by atomic mass is 16.2. The van der Waals surface area contributed by atoms with Crippen LogP contribution >= 0.6 is 0 Å². The Morgan fingerprint density at radius 2 is 1.87 bits per heavy atom. The first-order chi connectivity index (χ1) is 6.91. The average molecular weight is 208 g/mol. The van der Waals surface area contributed by atoms with Crippen molar-refractivity contribution in [2.45, 2.75) is 13.8 Å². The summed E-state index contributed by atoms with van der Waals surface area (Å²) in [4.78, 5) is 25.0. The Balaban J connectivity index is 2.11. The molecule has 2 rings (SSSR count). The fraction of sp³-hybridized carbons (Fsp3) is 0.636. The molecule has 0 radical (unpaired) electrons. The summed E-state index contributed by atoms with van der Waals surface area (Å²) in [6, 6.07) is 0. The van der Waals surface area contributed by atoms with Crippen LogP contribution in [0, 0.1) is 17.3 Å². The van der Waals surface area contributed by atoms with E-state index in [4.69, 9.17) is 5.73 Å². The molecule has 2 N–H and O–H groups in total. The van der Waals surface area contributed by atoms with Gasteiger partial charge in [0, 0.05) is 6.54 Å². The van der Waals surface area contributed by atoms with Gasteiger partial charge in [-0.2, -0.15) is 0 Å². The molecule has 1 heterocycles. The van der Waals surface area contributed by atoms with Gasteiger partial charge in [0.05, 0.1) is 18.4 Å². The van der Waals surface area contributed by atoms with E-state index in [9.17, 15) is 9.59 Å². The van der Waals surface area contributed by atoms with E-state index in [0.29, 0.717) is 6.54 Å². The molecule has 2 unspecified atom stereocenters. The van der Waals surface area contributed by atoms with Crippen molar-refractivity contribution >= 4 is 11.8 Å². The van der Waals surface area contributed by atoms with Crippen LogP contribution < -0.4 is 5.73 Å². The summed E-state index contributed by atoms with van der Waals surface area (Å²) in [5, 5.41) is 0. The second kappa shape index (κ2) is 2.92. The first-order valence-electron chi connectivity index (χ1n) is 5.13. The number of amides is 2. The van der Waals surface area contributed by atoms with Crippen LogP contribution in [0.2, 0.25) is 0 Å². The molecule has 0 spiro atoms. The molecule has 4 nitrogen and oxygen atoms in total. The van der Waals surface area contributed by atoms with E-state index in [1.807, 2.05) is 13.8 Å². The van der Waals surface area contributed by atoms with E-state index < -0.39 is 0 Å². The lowest BCUT2D eigenvalue weighted by Crippen LogP contribution is -2.38. The maximum Gasteiger partial charge on any atom is 0.233 e. The van der Waals surface area contributed by atoms with Crippen LogP contribution in [-0.4, -0.2) is 29.8 Å². The summed E-state index contributed by atoms with van der Waals surface area (Å²) >= 11 is 0. The Morgan fingerprint density at radius 1 is 1.40 bits per heavy atom. The van der Waals surface area contributed by atoms with Crippen molar-refractivity contribution in [1.29, 1.82) is 0 Å². The predicted octanol–water partition coefficient (Wildman–Crippen LogP) is 0.142. The Kier molecular flexibility index (Phi) is 2.01. The quantitative estimate of drug-likeness (QED) is 0.530. The summed E-state index contributed by atoms with van der Waals surface area (Å²) in [6.45, 7) is 8.25. The SMILES string of the molecule is C=C(CN)CN1C(=O)C2C(C1=O)C2(C)C. The summed E-state index contributed by atoms with van der Waals surface area (Å²) in [5.74, 6) is -0.305. The number of rotatable bonds is 3. The number of likely N-dealkylation sites (tertiary alicyclic amines) is 1. The Morgan fingerprint density at radius 3 is 2.27 bits per heavy atom. The van der Waals surface area contributed by atoms with Crippen LogP contribution in [0.25, 0.3) is 0 Å². The molecule has 2 atom stereocenters. The molecule has 2 aliphatic rings. The number of piperidine rings is 1. The van der Waals surface area contributed by atoms with Gasteiger partial charge in [-0.05, 0) is 11.0 Å². The van der Waals surface area contributed by atoms with Crippen LogP contribution in [0.4, 0.5) is 0 Å². The third-order valence-corrected chi connectivity index (χ3v) is 3.56. The van der Waals surface area contributed by atoms with Crippen LogP contribution in [-0.2, 0) is 9.59 Å². The monoisotopic (exact) mass is 208 g/mol.